The van der Waals surface area contributed by atoms with Gasteiger partial charge in [-0.2, -0.15) is 0 Å². The van der Waals surface area contributed by atoms with Gasteiger partial charge in [-0.25, -0.2) is 8.42 Å². The van der Waals surface area contributed by atoms with Crippen molar-refractivity contribution in [3.8, 4) is 10.4 Å². The van der Waals surface area contributed by atoms with Gasteiger partial charge in [-0.1, -0.05) is 30.3 Å². The van der Waals surface area contributed by atoms with Gasteiger partial charge in [0, 0.05) is 54.8 Å². The lowest BCUT2D eigenvalue weighted by atomic mass is 10.2. The maximum absolute atomic E-state index is 12.4. The molecular weight excluding hydrogens is 380 g/mol. The Hall–Kier alpha value is -1.96. The number of hydrogen-bond acceptors (Lipinski definition) is 5. The molecule has 1 amide bonds. The molecule has 0 atom stereocenters. The third-order valence-electron chi connectivity index (χ3n) is 4.54. The topological polar surface area (TPSA) is 57.7 Å². The summed E-state index contributed by atoms with van der Waals surface area (Å²) >= 11 is 1.66. The van der Waals surface area contributed by atoms with Crippen molar-refractivity contribution in [3.05, 3.63) is 53.4 Å². The minimum Gasteiger partial charge on any atom is -0.337 e. The van der Waals surface area contributed by atoms with E-state index in [4.69, 9.17) is 0 Å². The lowest BCUT2D eigenvalue weighted by Gasteiger charge is -2.34. The van der Waals surface area contributed by atoms with Crippen LogP contribution < -0.4 is 0 Å². The van der Waals surface area contributed by atoms with Crippen LogP contribution in [-0.2, 0) is 14.6 Å². The van der Waals surface area contributed by atoms with Crippen molar-refractivity contribution >= 4 is 33.2 Å². The molecule has 144 valence electrons. The van der Waals surface area contributed by atoms with Crippen molar-refractivity contribution in [1.82, 2.24) is 9.80 Å². The van der Waals surface area contributed by atoms with Crippen molar-refractivity contribution in [2.45, 2.75) is 0 Å². The Morgan fingerprint density at radius 1 is 1.07 bits per heavy atom. The SMILES string of the molecule is CS(=O)(=O)CCN1CCN(C(=O)/C=C/c2ccc(-c3ccccc3)s2)CC1. The number of carbonyl (C=O) groups is 1. The van der Waals surface area contributed by atoms with E-state index >= 15 is 0 Å². The summed E-state index contributed by atoms with van der Waals surface area (Å²) in [5.41, 5.74) is 1.18. The largest absolute Gasteiger partial charge is 0.337 e. The molecular formula is C20H24N2O3S2. The normalized spacial score (nSPS) is 16.1. The maximum atomic E-state index is 12.4. The molecule has 2 heterocycles. The number of carbonyl (C=O) groups excluding carboxylic acids is 1. The Labute approximate surface area is 164 Å². The highest BCUT2D eigenvalue weighted by atomic mass is 32.2. The van der Waals surface area contributed by atoms with E-state index in [1.165, 1.54) is 16.7 Å². The number of amides is 1. The van der Waals surface area contributed by atoms with E-state index in [0.717, 1.165) is 4.88 Å². The smallest absolute Gasteiger partial charge is 0.246 e. The first-order chi connectivity index (χ1) is 12.9. The molecule has 7 heteroatoms. The van der Waals surface area contributed by atoms with Gasteiger partial charge < -0.3 is 4.90 Å². The fourth-order valence-electron chi connectivity index (χ4n) is 2.95. The van der Waals surface area contributed by atoms with Gasteiger partial charge in [0.1, 0.15) is 9.84 Å². The molecule has 1 aromatic carbocycles. The predicted molar refractivity (Wildman–Crippen MR) is 112 cm³/mol. The van der Waals surface area contributed by atoms with Crippen LogP contribution >= 0.6 is 11.3 Å². The molecule has 0 N–H and O–H groups in total. The molecule has 0 radical (unpaired) electrons. The molecule has 1 aliphatic heterocycles. The van der Waals surface area contributed by atoms with Crippen molar-refractivity contribution in [2.75, 3.05) is 44.7 Å². The lowest BCUT2D eigenvalue weighted by Crippen LogP contribution is -2.49. The molecule has 0 aliphatic carbocycles. The van der Waals surface area contributed by atoms with Gasteiger partial charge in [0.05, 0.1) is 5.75 Å². The molecule has 2 aromatic rings. The van der Waals surface area contributed by atoms with E-state index in [1.54, 1.807) is 17.4 Å². The first-order valence-electron chi connectivity index (χ1n) is 8.93. The Balaban J connectivity index is 1.50. The zero-order valence-electron chi connectivity index (χ0n) is 15.4. The highest BCUT2D eigenvalue weighted by Crippen LogP contribution is 2.28. The zero-order chi connectivity index (χ0) is 19.3. The second-order valence-corrected chi connectivity index (χ2v) is 10.1. The molecule has 0 unspecified atom stereocenters. The summed E-state index contributed by atoms with van der Waals surface area (Å²) < 4.78 is 22.5. The molecule has 3 rings (SSSR count). The van der Waals surface area contributed by atoms with Gasteiger partial charge in [0.2, 0.25) is 5.91 Å². The highest BCUT2D eigenvalue weighted by molar-refractivity contribution is 7.90. The molecule has 1 aliphatic rings. The van der Waals surface area contributed by atoms with Crippen LogP contribution in [0.1, 0.15) is 4.88 Å². The van der Waals surface area contributed by atoms with E-state index < -0.39 is 9.84 Å². The summed E-state index contributed by atoms with van der Waals surface area (Å²) in [7, 11) is -2.94. The lowest BCUT2D eigenvalue weighted by molar-refractivity contribution is -0.127. The molecule has 1 aromatic heterocycles. The van der Waals surface area contributed by atoms with E-state index in [2.05, 4.69) is 23.1 Å². The minimum atomic E-state index is -2.94. The average Bonchev–Trinajstić information content (AvgIpc) is 3.14. The Bertz CT molecular complexity index is 896. The fraction of sp³-hybridized carbons (Fsp3) is 0.350. The Morgan fingerprint density at radius 2 is 1.78 bits per heavy atom. The minimum absolute atomic E-state index is 0.00687. The first kappa shape index (κ1) is 19.8. The van der Waals surface area contributed by atoms with Crippen LogP contribution in [-0.4, -0.2) is 68.9 Å². The molecule has 0 bridgehead atoms. The van der Waals surface area contributed by atoms with Gasteiger partial charge in [-0.05, 0) is 23.8 Å². The van der Waals surface area contributed by atoms with Crippen LogP contribution in [0.25, 0.3) is 16.5 Å². The van der Waals surface area contributed by atoms with Gasteiger partial charge in [-0.15, -0.1) is 11.3 Å². The summed E-state index contributed by atoms with van der Waals surface area (Å²) in [6, 6.07) is 14.3. The quantitative estimate of drug-likeness (QED) is 0.695. The van der Waals surface area contributed by atoms with Crippen molar-refractivity contribution in [1.29, 1.82) is 0 Å². The second kappa shape index (κ2) is 8.82. The number of thiophene rings is 1. The predicted octanol–water partition coefficient (Wildman–Crippen LogP) is 2.62. The van der Waals surface area contributed by atoms with Crippen LogP contribution in [0.2, 0.25) is 0 Å². The number of rotatable bonds is 6. The Morgan fingerprint density at radius 3 is 2.44 bits per heavy atom. The summed E-state index contributed by atoms with van der Waals surface area (Å²) in [5.74, 6) is 0.176. The van der Waals surface area contributed by atoms with Crippen LogP contribution in [0.4, 0.5) is 0 Å². The first-order valence-corrected chi connectivity index (χ1v) is 11.8. The third-order valence-corrected chi connectivity index (χ3v) is 6.56. The molecule has 27 heavy (non-hydrogen) atoms. The van der Waals surface area contributed by atoms with E-state index in [9.17, 15) is 13.2 Å². The van der Waals surface area contributed by atoms with Crippen LogP contribution in [0, 0.1) is 0 Å². The standard InChI is InChI=1S/C20H24N2O3S2/c1-27(24,25)16-15-21-11-13-22(14-12-21)20(23)10-8-18-7-9-19(26-18)17-5-3-2-4-6-17/h2-10H,11-16H2,1H3/b10-8+. The van der Waals surface area contributed by atoms with Crippen molar-refractivity contribution in [3.63, 3.8) is 0 Å². The summed E-state index contributed by atoms with van der Waals surface area (Å²) in [6.45, 7) is 3.23. The highest BCUT2D eigenvalue weighted by Gasteiger charge is 2.20. The Kier molecular flexibility index (Phi) is 6.46. The number of sulfone groups is 1. The van der Waals surface area contributed by atoms with E-state index in [-0.39, 0.29) is 11.7 Å². The maximum Gasteiger partial charge on any atom is 0.246 e. The van der Waals surface area contributed by atoms with Crippen molar-refractivity contribution < 1.29 is 13.2 Å². The van der Waals surface area contributed by atoms with Crippen LogP contribution in [0.5, 0.6) is 0 Å². The fourth-order valence-corrected chi connectivity index (χ4v) is 4.45. The van der Waals surface area contributed by atoms with Crippen LogP contribution in [0.3, 0.4) is 0 Å². The molecule has 1 fully saturated rings. The third kappa shape index (κ3) is 6.02. The van der Waals surface area contributed by atoms with E-state index in [0.29, 0.717) is 32.7 Å². The number of piperazine rings is 1. The molecule has 5 nitrogen and oxygen atoms in total. The summed E-state index contributed by atoms with van der Waals surface area (Å²) in [5, 5.41) is 0. The van der Waals surface area contributed by atoms with Gasteiger partial charge in [0.25, 0.3) is 0 Å². The summed E-state index contributed by atoms with van der Waals surface area (Å²) in [4.78, 5) is 18.5. The monoisotopic (exact) mass is 404 g/mol. The second-order valence-electron chi connectivity index (χ2n) is 6.70. The number of hydrogen-bond donors (Lipinski definition) is 0. The number of benzene rings is 1. The van der Waals surface area contributed by atoms with Crippen LogP contribution in [0.15, 0.2) is 48.5 Å². The van der Waals surface area contributed by atoms with E-state index in [1.807, 2.05) is 35.2 Å². The summed E-state index contributed by atoms with van der Waals surface area (Å²) in [6.07, 6.45) is 4.76. The molecule has 0 saturated carbocycles. The average molecular weight is 405 g/mol. The van der Waals surface area contributed by atoms with Crippen molar-refractivity contribution in [2.24, 2.45) is 0 Å². The zero-order valence-corrected chi connectivity index (χ0v) is 17.0. The molecule has 1 saturated heterocycles. The van der Waals surface area contributed by atoms with Gasteiger partial charge >= 0.3 is 0 Å². The van der Waals surface area contributed by atoms with Gasteiger partial charge in [-0.3, -0.25) is 9.69 Å². The molecule has 0 spiro atoms. The number of nitrogens with zero attached hydrogens (tertiary/aromatic N) is 2. The van der Waals surface area contributed by atoms with Gasteiger partial charge in [0.15, 0.2) is 0 Å².